The largest absolute Gasteiger partial charge is 0.478 e. The lowest BCUT2D eigenvalue weighted by Crippen LogP contribution is -2.01. The van der Waals surface area contributed by atoms with Crippen molar-refractivity contribution in [3.63, 3.8) is 0 Å². The lowest BCUT2D eigenvalue weighted by Gasteiger charge is -2.08. The van der Waals surface area contributed by atoms with E-state index >= 15 is 0 Å². The van der Waals surface area contributed by atoms with Crippen molar-refractivity contribution in [1.29, 1.82) is 0 Å². The average molecular weight is 324 g/mol. The van der Waals surface area contributed by atoms with Crippen molar-refractivity contribution in [2.45, 2.75) is 16.7 Å². The van der Waals surface area contributed by atoms with Crippen LogP contribution in [0, 0.1) is 17.0 Å². The molecule has 0 heterocycles. The van der Waals surface area contributed by atoms with Gasteiger partial charge in [-0.3, -0.25) is 10.1 Å². The normalized spacial score (nSPS) is 10.4. The topological polar surface area (TPSA) is 80.4 Å². The molecule has 0 amide bonds. The number of carbonyl (C=O) groups is 1. The minimum Gasteiger partial charge on any atom is -0.478 e. The number of carboxylic acid groups (broad SMARTS) is 1. The van der Waals surface area contributed by atoms with Crippen LogP contribution in [0.5, 0.6) is 0 Å². The monoisotopic (exact) mass is 323 g/mol. The molecule has 0 aliphatic rings. The summed E-state index contributed by atoms with van der Waals surface area (Å²) in [5, 5.41) is 20.1. The molecule has 2 aromatic carbocycles. The summed E-state index contributed by atoms with van der Waals surface area (Å²) in [6, 6.07) is 9.63. The van der Waals surface area contributed by atoms with Gasteiger partial charge in [-0.25, -0.2) is 4.79 Å². The van der Waals surface area contributed by atoms with Gasteiger partial charge in [0.25, 0.3) is 5.69 Å². The zero-order chi connectivity index (χ0) is 15.6. The van der Waals surface area contributed by atoms with Crippen LogP contribution in [0.4, 0.5) is 5.69 Å². The van der Waals surface area contributed by atoms with Crippen molar-refractivity contribution in [2.75, 3.05) is 0 Å². The Morgan fingerprint density at radius 2 is 1.90 bits per heavy atom. The van der Waals surface area contributed by atoms with Gasteiger partial charge < -0.3 is 5.11 Å². The number of hydrogen-bond donors (Lipinski definition) is 1. The first kappa shape index (κ1) is 15.3. The number of rotatable bonds is 4. The van der Waals surface area contributed by atoms with Gasteiger partial charge in [-0.1, -0.05) is 41.1 Å². The molecular formula is C14H10ClNO4S. The predicted molar refractivity (Wildman–Crippen MR) is 80.4 cm³/mol. The maximum absolute atomic E-state index is 11.3. The van der Waals surface area contributed by atoms with Crippen LogP contribution in [0.25, 0.3) is 0 Å². The number of carboxylic acids is 1. The molecule has 1 N–H and O–H groups in total. The fraction of sp³-hybridized carbons (Fsp3) is 0.0714. The average Bonchev–Trinajstić information content (AvgIpc) is 2.42. The lowest BCUT2D eigenvalue weighted by molar-refractivity contribution is -0.384. The number of aryl methyl sites for hydroxylation is 1. The number of aromatic carboxylic acids is 1. The minimum atomic E-state index is -1.25. The number of nitro groups is 1. The highest BCUT2D eigenvalue weighted by Gasteiger charge is 2.20. The molecular weight excluding hydrogens is 314 g/mol. The number of nitrogens with zero attached hydrogens (tertiary/aromatic N) is 1. The molecule has 0 bridgehead atoms. The number of nitro benzene ring substituents is 1. The molecule has 5 nitrogen and oxygen atoms in total. The smallest absolute Gasteiger partial charge is 0.337 e. The van der Waals surface area contributed by atoms with E-state index in [2.05, 4.69) is 0 Å². The highest BCUT2D eigenvalue weighted by Crippen LogP contribution is 2.38. The Labute approximate surface area is 129 Å². The summed E-state index contributed by atoms with van der Waals surface area (Å²) in [5.41, 5.74) is 0.554. The Morgan fingerprint density at radius 1 is 1.29 bits per heavy atom. The third kappa shape index (κ3) is 3.53. The maximum Gasteiger partial charge on any atom is 0.337 e. The van der Waals surface area contributed by atoms with Crippen molar-refractivity contribution in [3.05, 3.63) is 62.7 Å². The zero-order valence-electron chi connectivity index (χ0n) is 10.9. The van der Waals surface area contributed by atoms with Crippen LogP contribution < -0.4 is 0 Å². The lowest BCUT2D eigenvalue weighted by atomic mass is 10.2. The predicted octanol–water partition coefficient (Wildman–Crippen LogP) is 4.41. The van der Waals surface area contributed by atoms with E-state index in [-0.39, 0.29) is 16.3 Å². The molecule has 0 saturated carbocycles. The molecule has 0 unspecified atom stereocenters. The standard InChI is InChI=1S/C14H10ClNO4S/c1-8-2-4-10(5-3-8)21-13-11(14(17)18)6-9(16(19)20)7-12(13)15/h2-7H,1H3,(H,17,18). The van der Waals surface area contributed by atoms with Crippen molar-refractivity contribution < 1.29 is 14.8 Å². The Balaban J connectivity index is 2.49. The molecule has 0 saturated heterocycles. The van der Waals surface area contributed by atoms with Gasteiger partial charge in [0.15, 0.2) is 0 Å². The summed E-state index contributed by atoms with van der Waals surface area (Å²) in [4.78, 5) is 22.5. The summed E-state index contributed by atoms with van der Waals surface area (Å²) >= 11 is 7.18. The molecule has 2 aromatic rings. The highest BCUT2D eigenvalue weighted by atomic mass is 35.5. The summed E-state index contributed by atoms with van der Waals surface area (Å²) in [6.07, 6.45) is 0. The quantitative estimate of drug-likeness (QED) is 0.666. The van der Waals surface area contributed by atoms with Gasteiger partial charge in [-0.2, -0.15) is 0 Å². The van der Waals surface area contributed by atoms with E-state index in [9.17, 15) is 20.0 Å². The van der Waals surface area contributed by atoms with Crippen LogP contribution in [0.15, 0.2) is 46.2 Å². The van der Waals surface area contributed by atoms with Crippen LogP contribution in [0.3, 0.4) is 0 Å². The van der Waals surface area contributed by atoms with E-state index in [1.807, 2.05) is 31.2 Å². The highest BCUT2D eigenvalue weighted by molar-refractivity contribution is 7.99. The van der Waals surface area contributed by atoms with E-state index < -0.39 is 10.9 Å². The van der Waals surface area contributed by atoms with Crippen molar-refractivity contribution in [3.8, 4) is 0 Å². The van der Waals surface area contributed by atoms with Crippen LogP contribution in [-0.4, -0.2) is 16.0 Å². The molecule has 7 heteroatoms. The Morgan fingerprint density at radius 3 is 2.43 bits per heavy atom. The van der Waals surface area contributed by atoms with Crippen LogP contribution in [0.1, 0.15) is 15.9 Å². The van der Waals surface area contributed by atoms with E-state index in [1.165, 1.54) is 0 Å². The zero-order valence-corrected chi connectivity index (χ0v) is 12.4. The third-order valence-corrected chi connectivity index (χ3v) is 4.27. The molecule has 0 aliphatic heterocycles. The van der Waals surface area contributed by atoms with Gasteiger partial charge in [0.05, 0.1) is 15.5 Å². The Kier molecular flexibility index (Phi) is 4.50. The molecule has 0 aromatic heterocycles. The third-order valence-electron chi connectivity index (χ3n) is 2.71. The molecule has 0 radical (unpaired) electrons. The molecule has 0 atom stereocenters. The van der Waals surface area contributed by atoms with Crippen molar-refractivity contribution >= 4 is 35.0 Å². The van der Waals surface area contributed by atoms with Gasteiger partial charge >= 0.3 is 5.97 Å². The second-order valence-corrected chi connectivity index (χ2v) is 5.77. The molecule has 2 rings (SSSR count). The second kappa shape index (κ2) is 6.15. The number of hydrogen-bond acceptors (Lipinski definition) is 4. The number of halogens is 1. The molecule has 0 spiro atoms. The molecule has 21 heavy (non-hydrogen) atoms. The van der Waals surface area contributed by atoms with Crippen LogP contribution in [-0.2, 0) is 0 Å². The SMILES string of the molecule is Cc1ccc(Sc2c(Cl)cc([N+](=O)[O-])cc2C(=O)O)cc1. The first-order chi connectivity index (χ1) is 9.88. The first-order valence-electron chi connectivity index (χ1n) is 5.84. The van der Waals surface area contributed by atoms with Gasteiger partial charge in [0, 0.05) is 21.9 Å². The van der Waals surface area contributed by atoms with Gasteiger partial charge in [-0.05, 0) is 19.1 Å². The molecule has 108 valence electrons. The van der Waals surface area contributed by atoms with Gasteiger partial charge in [-0.15, -0.1) is 0 Å². The molecule has 0 aliphatic carbocycles. The Hall–Kier alpha value is -2.05. The fourth-order valence-electron chi connectivity index (χ4n) is 1.67. The van der Waals surface area contributed by atoms with E-state index in [4.69, 9.17) is 11.6 Å². The van der Waals surface area contributed by atoms with E-state index in [1.54, 1.807) is 0 Å². The fourth-order valence-corrected chi connectivity index (χ4v) is 2.92. The minimum absolute atomic E-state index is 0.0483. The van der Waals surface area contributed by atoms with Crippen molar-refractivity contribution in [1.82, 2.24) is 0 Å². The van der Waals surface area contributed by atoms with Gasteiger partial charge in [0.2, 0.25) is 0 Å². The maximum atomic E-state index is 11.3. The second-order valence-electron chi connectivity index (χ2n) is 4.28. The van der Waals surface area contributed by atoms with E-state index in [0.29, 0.717) is 4.90 Å². The Bertz CT molecular complexity index is 716. The first-order valence-corrected chi connectivity index (χ1v) is 7.03. The number of non-ortho nitro benzene ring substituents is 1. The molecule has 0 fully saturated rings. The van der Waals surface area contributed by atoms with Crippen LogP contribution in [0.2, 0.25) is 5.02 Å². The van der Waals surface area contributed by atoms with Gasteiger partial charge in [0.1, 0.15) is 0 Å². The summed E-state index contributed by atoms with van der Waals surface area (Å²) in [6.45, 7) is 1.94. The summed E-state index contributed by atoms with van der Waals surface area (Å²) < 4.78 is 0. The summed E-state index contributed by atoms with van der Waals surface area (Å²) in [7, 11) is 0. The number of benzene rings is 2. The van der Waals surface area contributed by atoms with Crippen LogP contribution >= 0.6 is 23.4 Å². The van der Waals surface area contributed by atoms with Crippen molar-refractivity contribution in [2.24, 2.45) is 0 Å². The summed E-state index contributed by atoms with van der Waals surface area (Å²) in [5.74, 6) is -1.25. The van der Waals surface area contributed by atoms with E-state index in [0.717, 1.165) is 34.4 Å².